The molecule has 1 aromatic heterocycles. The molecule has 2 N–H and O–H groups in total. The van der Waals surface area contributed by atoms with E-state index in [1.807, 2.05) is 26.0 Å². The van der Waals surface area contributed by atoms with Crippen molar-refractivity contribution < 1.29 is 37.3 Å². The number of alkyl halides is 3. The van der Waals surface area contributed by atoms with Crippen LogP contribution in [0.4, 0.5) is 23.8 Å². The maximum atomic E-state index is 12.5. The molecule has 0 aliphatic carbocycles. The van der Waals surface area contributed by atoms with Gasteiger partial charge in [-0.3, -0.25) is 5.32 Å². The minimum absolute atomic E-state index is 0.207. The molecule has 186 valence electrons. The maximum absolute atomic E-state index is 12.5. The molecule has 1 saturated heterocycles. The number of carboxylic acids is 1. The van der Waals surface area contributed by atoms with E-state index in [0.29, 0.717) is 41.3 Å². The van der Waals surface area contributed by atoms with Crippen molar-refractivity contribution in [1.82, 2.24) is 9.88 Å². The second-order valence-electron chi connectivity index (χ2n) is 7.21. The first-order chi connectivity index (χ1) is 15.9. The molecular weight excluding hydrogens is 502 g/mol. The first kappa shape index (κ1) is 27.5. The van der Waals surface area contributed by atoms with E-state index in [-0.39, 0.29) is 18.7 Å². The normalized spacial score (nSPS) is 15.7. The number of carboxylic acid groups (broad SMARTS) is 1. The van der Waals surface area contributed by atoms with Crippen LogP contribution in [0.1, 0.15) is 11.3 Å². The van der Waals surface area contributed by atoms with Crippen LogP contribution in [0.25, 0.3) is 0 Å². The van der Waals surface area contributed by atoms with Gasteiger partial charge in [0.2, 0.25) is 0 Å². The highest BCUT2D eigenvalue weighted by atomic mass is 35.5. The molecule has 1 aliphatic rings. The fraction of sp³-hybridized carbons (Fsp3) is 0.381. The van der Waals surface area contributed by atoms with Gasteiger partial charge in [0, 0.05) is 12.2 Å². The number of rotatable bonds is 4. The monoisotopic (exact) mass is 523 g/mol. The molecule has 34 heavy (non-hydrogen) atoms. The molecule has 2 heterocycles. The van der Waals surface area contributed by atoms with E-state index in [1.165, 1.54) is 0 Å². The van der Waals surface area contributed by atoms with Crippen LogP contribution in [0.5, 0.6) is 5.75 Å². The van der Waals surface area contributed by atoms with Gasteiger partial charge in [0.25, 0.3) is 0 Å². The number of carbonyl (C=O) groups is 2. The largest absolute Gasteiger partial charge is 0.490 e. The van der Waals surface area contributed by atoms with Crippen LogP contribution in [0.15, 0.2) is 30.3 Å². The summed E-state index contributed by atoms with van der Waals surface area (Å²) in [4.78, 5) is 27.5. The minimum atomic E-state index is -5.08. The Kier molecular flexibility index (Phi) is 9.77. The number of anilines is 1. The van der Waals surface area contributed by atoms with E-state index in [4.69, 9.17) is 42.6 Å². The molecule has 0 radical (unpaired) electrons. The highest BCUT2D eigenvalue weighted by Crippen LogP contribution is 2.31. The summed E-state index contributed by atoms with van der Waals surface area (Å²) in [5.41, 5.74) is 1.90. The van der Waals surface area contributed by atoms with Crippen molar-refractivity contribution >= 4 is 41.0 Å². The minimum Gasteiger partial charge on any atom is -0.489 e. The van der Waals surface area contributed by atoms with Crippen molar-refractivity contribution in [1.29, 1.82) is 0 Å². The van der Waals surface area contributed by atoms with Crippen molar-refractivity contribution in [3.63, 3.8) is 0 Å². The summed E-state index contributed by atoms with van der Waals surface area (Å²) in [5.74, 6) is -1.72. The first-order valence-corrected chi connectivity index (χ1v) is 10.6. The summed E-state index contributed by atoms with van der Waals surface area (Å²) in [6, 6.07) is 8.80. The number of nitrogens with zero attached hydrogens (tertiary/aromatic N) is 2. The van der Waals surface area contributed by atoms with Gasteiger partial charge in [-0.05, 0) is 43.7 Å². The lowest BCUT2D eigenvalue weighted by Gasteiger charge is -2.32. The summed E-state index contributed by atoms with van der Waals surface area (Å²) >= 11 is 12.1. The lowest BCUT2D eigenvalue weighted by molar-refractivity contribution is -0.192. The van der Waals surface area contributed by atoms with Crippen LogP contribution in [0.2, 0.25) is 10.0 Å². The van der Waals surface area contributed by atoms with Gasteiger partial charge in [0.1, 0.15) is 29.3 Å². The molecule has 0 spiro atoms. The lowest BCUT2D eigenvalue weighted by Crippen LogP contribution is -2.49. The predicted octanol–water partition coefficient (Wildman–Crippen LogP) is 4.95. The highest BCUT2D eigenvalue weighted by Gasteiger charge is 2.38. The molecule has 13 heteroatoms. The number of hydrogen-bond donors (Lipinski definition) is 2. The number of pyridine rings is 1. The average Bonchev–Trinajstić information content (AvgIpc) is 2.74. The van der Waals surface area contributed by atoms with E-state index >= 15 is 0 Å². The van der Waals surface area contributed by atoms with Gasteiger partial charge in [-0.2, -0.15) is 13.2 Å². The van der Waals surface area contributed by atoms with Gasteiger partial charge in [0.15, 0.2) is 0 Å². The molecule has 3 rings (SSSR count). The van der Waals surface area contributed by atoms with E-state index in [0.717, 1.165) is 11.3 Å². The molecule has 1 atom stereocenters. The van der Waals surface area contributed by atoms with E-state index in [9.17, 15) is 18.0 Å². The highest BCUT2D eigenvalue weighted by molar-refractivity contribution is 6.42. The van der Waals surface area contributed by atoms with Gasteiger partial charge in [-0.15, -0.1) is 0 Å². The number of aromatic nitrogens is 1. The molecule has 0 bridgehead atoms. The number of aliphatic carboxylic acids is 1. The Bertz CT molecular complexity index is 1000. The zero-order chi connectivity index (χ0) is 25.5. The van der Waals surface area contributed by atoms with Crippen molar-refractivity contribution in [3.05, 3.63) is 51.6 Å². The summed E-state index contributed by atoms with van der Waals surface area (Å²) < 4.78 is 43.2. The lowest BCUT2D eigenvalue weighted by atomic mass is 10.2. The quantitative estimate of drug-likeness (QED) is 0.587. The van der Waals surface area contributed by atoms with Gasteiger partial charge in [-0.25, -0.2) is 14.6 Å². The molecule has 0 saturated carbocycles. The summed E-state index contributed by atoms with van der Waals surface area (Å²) in [7, 11) is 0. The van der Waals surface area contributed by atoms with Crippen LogP contribution in [-0.4, -0.2) is 65.6 Å². The Morgan fingerprint density at radius 3 is 2.59 bits per heavy atom. The number of ether oxygens (including phenoxy) is 2. The topological polar surface area (TPSA) is 101 Å². The average molecular weight is 524 g/mol. The number of amides is 2. The zero-order valence-electron chi connectivity index (χ0n) is 18.2. The van der Waals surface area contributed by atoms with Crippen molar-refractivity contribution in [2.24, 2.45) is 0 Å². The Morgan fingerprint density at radius 2 is 1.97 bits per heavy atom. The molecule has 1 aromatic carbocycles. The standard InChI is InChI=1S/C19H21Cl2N3O3.C2HF3O2/c1-12-8-13(2)22-17(9-12)23-19(25)24-6-7-26-14(10-24)11-27-16-5-3-4-15(20)18(16)21;3-2(4,5)1(6)7/h3-5,8-9,14H,6-7,10-11H2,1-2H3,(H,22,23,25);(H,6,7). The number of morpholine rings is 1. The number of halogens is 5. The fourth-order valence-electron chi connectivity index (χ4n) is 2.88. The van der Waals surface area contributed by atoms with Crippen molar-refractivity contribution in [2.45, 2.75) is 26.1 Å². The van der Waals surface area contributed by atoms with Crippen LogP contribution >= 0.6 is 23.2 Å². The van der Waals surface area contributed by atoms with Crippen LogP contribution in [0.3, 0.4) is 0 Å². The number of urea groups is 1. The Morgan fingerprint density at radius 1 is 1.29 bits per heavy atom. The second kappa shape index (κ2) is 12.1. The molecule has 1 aliphatic heterocycles. The SMILES string of the molecule is Cc1cc(C)nc(NC(=O)N2CCOC(COc3cccc(Cl)c3Cl)C2)c1.O=C(O)C(F)(F)F. The van der Waals surface area contributed by atoms with Crippen LogP contribution in [0, 0.1) is 13.8 Å². The number of hydrogen-bond acceptors (Lipinski definition) is 5. The first-order valence-electron chi connectivity index (χ1n) is 9.86. The van der Waals surface area contributed by atoms with E-state index in [2.05, 4.69) is 10.3 Å². The fourth-order valence-corrected chi connectivity index (χ4v) is 3.22. The number of benzene rings is 1. The molecular formula is C21H22Cl2F3N3O5. The number of carbonyl (C=O) groups excluding carboxylic acids is 1. The van der Waals surface area contributed by atoms with Gasteiger partial charge >= 0.3 is 18.2 Å². The number of nitrogens with one attached hydrogen (secondary N) is 1. The Labute approximate surface area is 203 Å². The summed E-state index contributed by atoms with van der Waals surface area (Å²) in [6.45, 7) is 5.48. The third kappa shape index (κ3) is 8.54. The summed E-state index contributed by atoms with van der Waals surface area (Å²) in [5, 5.41) is 10.8. The predicted molar refractivity (Wildman–Crippen MR) is 120 cm³/mol. The Balaban J connectivity index is 0.000000509. The molecule has 2 aromatic rings. The van der Waals surface area contributed by atoms with Crippen molar-refractivity contribution in [3.8, 4) is 5.75 Å². The van der Waals surface area contributed by atoms with E-state index in [1.54, 1.807) is 23.1 Å². The molecule has 8 nitrogen and oxygen atoms in total. The molecule has 1 fully saturated rings. The third-order valence-corrected chi connectivity index (χ3v) is 5.14. The van der Waals surface area contributed by atoms with Gasteiger partial charge in [-0.1, -0.05) is 29.3 Å². The van der Waals surface area contributed by atoms with E-state index < -0.39 is 12.1 Å². The van der Waals surface area contributed by atoms with Crippen molar-refractivity contribution in [2.75, 3.05) is 31.6 Å². The molecule has 1 unspecified atom stereocenters. The van der Waals surface area contributed by atoms with Gasteiger partial charge in [0.05, 0.1) is 18.2 Å². The third-order valence-electron chi connectivity index (χ3n) is 4.34. The maximum Gasteiger partial charge on any atom is 0.490 e. The second-order valence-corrected chi connectivity index (χ2v) is 7.99. The smallest absolute Gasteiger partial charge is 0.489 e. The van der Waals surface area contributed by atoms with Crippen LogP contribution < -0.4 is 10.1 Å². The zero-order valence-corrected chi connectivity index (χ0v) is 19.7. The Hall–Kier alpha value is -2.76. The van der Waals surface area contributed by atoms with Crippen LogP contribution in [-0.2, 0) is 9.53 Å². The summed E-state index contributed by atoms with van der Waals surface area (Å²) in [6.07, 6.45) is -5.34. The van der Waals surface area contributed by atoms with Gasteiger partial charge < -0.3 is 19.5 Å². The number of aryl methyl sites for hydroxylation is 2. The molecule has 2 amide bonds.